The zero-order valence-corrected chi connectivity index (χ0v) is 22.5. The third kappa shape index (κ3) is 5.43. The smallest absolute Gasteiger partial charge is 0.278 e. The molecule has 5 heterocycles. The van der Waals surface area contributed by atoms with Crippen LogP contribution in [0.4, 0.5) is 13.2 Å². The second-order valence-corrected chi connectivity index (χ2v) is 10.8. The summed E-state index contributed by atoms with van der Waals surface area (Å²) in [6.07, 6.45) is 4.93. The van der Waals surface area contributed by atoms with Gasteiger partial charge < -0.3 is 9.84 Å². The lowest BCUT2D eigenvalue weighted by Gasteiger charge is -2.19. The lowest BCUT2D eigenvalue weighted by molar-refractivity contribution is 0.0746. The number of rotatable bonds is 5. The topological polar surface area (TPSA) is 90.1 Å². The van der Waals surface area contributed by atoms with Crippen molar-refractivity contribution in [1.82, 2.24) is 19.5 Å². The predicted octanol–water partition coefficient (Wildman–Crippen LogP) is 5.90. The van der Waals surface area contributed by atoms with E-state index in [1.807, 2.05) is 0 Å². The Kier molecular flexibility index (Phi) is 6.79. The molecule has 0 unspecified atom stereocenters. The molecule has 0 saturated heterocycles. The van der Waals surface area contributed by atoms with Gasteiger partial charge in [-0.3, -0.25) is 19.3 Å². The maximum absolute atomic E-state index is 16.3. The van der Waals surface area contributed by atoms with Gasteiger partial charge in [-0.1, -0.05) is 18.0 Å². The zero-order valence-electron chi connectivity index (χ0n) is 22.9. The molecule has 0 amide bonds. The lowest BCUT2D eigenvalue weighted by atomic mass is 10.1. The molecule has 204 valence electrons. The highest BCUT2D eigenvalue weighted by atomic mass is 35.5. The van der Waals surface area contributed by atoms with Crippen LogP contribution in [0.2, 0.25) is 5.02 Å². The van der Waals surface area contributed by atoms with Gasteiger partial charge in [0, 0.05) is 29.4 Å². The Hall–Kier alpha value is -3.28. The second-order valence-electron chi connectivity index (χ2n) is 9.59. The van der Waals surface area contributed by atoms with Crippen LogP contribution in [0.25, 0.3) is 16.4 Å². The van der Waals surface area contributed by atoms with Crippen molar-refractivity contribution < 1.29 is 25.8 Å². The molecule has 4 aromatic heterocycles. The zero-order chi connectivity index (χ0) is 29.7. The monoisotopic (exact) mass is 578 g/mol. The molecule has 4 aromatic rings. The summed E-state index contributed by atoms with van der Waals surface area (Å²) in [7, 11) is 0. The first-order chi connectivity index (χ1) is 19.3. The van der Waals surface area contributed by atoms with Crippen LogP contribution < -0.4 is 10.3 Å². The number of aliphatic hydroxyl groups is 1. The van der Waals surface area contributed by atoms with Crippen LogP contribution in [-0.2, 0) is 25.0 Å². The molecule has 0 spiro atoms. The summed E-state index contributed by atoms with van der Waals surface area (Å²) < 4.78 is 66.9. The number of hydrogen-bond donors (Lipinski definition) is 1. The molecule has 0 fully saturated rings. The van der Waals surface area contributed by atoms with E-state index in [0.717, 1.165) is 22.3 Å². The normalized spacial score (nSPS) is 14.8. The molecule has 12 heteroatoms. The van der Waals surface area contributed by atoms with Crippen LogP contribution in [0, 0.1) is 17.5 Å². The van der Waals surface area contributed by atoms with Crippen LogP contribution >= 0.6 is 22.9 Å². The largest absolute Gasteiger partial charge is 0.485 e. The summed E-state index contributed by atoms with van der Waals surface area (Å²) in [4.78, 5) is 25.8. The van der Waals surface area contributed by atoms with E-state index in [-0.39, 0.29) is 22.1 Å². The Balaban J connectivity index is 1.66. The van der Waals surface area contributed by atoms with Crippen molar-refractivity contribution in [3.8, 4) is 22.1 Å². The molecule has 1 N–H and O–H groups in total. The Bertz CT molecular complexity index is 1710. The second kappa shape index (κ2) is 10.7. The number of ether oxygens (including phenoxy) is 1. The van der Waals surface area contributed by atoms with Crippen molar-refractivity contribution in [1.29, 1.82) is 0 Å². The number of hydrogen-bond acceptors (Lipinski definition) is 7. The highest BCUT2D eigenvalue weighted by molar-refractivity contribution is 7.13. The summed E-state index contributed by atoms with van der Waals surface area (Å²) in [6.45, 7) is 0.189. The molecule has 0 atom stereocenters. The number of fused-ring (bicyclic) bond motifs is 3. The van der Waals surface area contributed by atoms with E-state index in [1.165, 1.54) is 12.3 Å². The molecule has 5 rings (SSSR count). The molecule has 0 aromatic carbocycles. The molecular formula is C27H24ClF3N4O3S. The number of pyridine rings is 3. The van der Waals surface area contributed by atoms with Gasteiger partial charge in [0.15, 0.2) is 11.6 Å². The number of nitrogens with zero attached hydrogens (tertiary/aromatic N) is 4. The van der Waals surface area contributed by atoms with E-state index in [9.17, 15) is 18.7 Å². The molecule has 0 bridgehead atoms. The Morgan fingerprint density at radius 3 is 2.67 bits per heavy atom. The van der Waals surface area contributed by atoms with Gasteiger partial charge in [0.05, 0.1) is 20.3 Å². The van der Waals surface area contributed by atoms with Crippen molar-refractivity contribution >= 4 is 22.9 Å². The van der Waals surface area contributed by atoms with Crippen LogP contribution in [-0.4, -0.2) is 24.6 Å². The van der Waals surface area contributed by atoms with Crippen LogP contribution in [0.3, 0.4) is 0 Å². The molecule has 0 radical (unpaired) electrons. The minimum absolute atomic E-state index is 0.0559. The van der Waals surface area contributed by atoms with Gasteiger partial charge in [0.2, 0.25) is 0 Å². The third-order valence-electron chi connectivity index (χ3n) is 6.26. The van der Waals surface area contributed by atoms with Gasteiger partial charge in [-0.25, -0.2) is 18.2 Å². The molecule has 1 aliphatic rings. The summed E-state index contributed by atoms with van der Waals surface area (Å²) >= 11 is 7.47. The highest BCUT2D eigenvalue weighted by Gasteiger charge is 2.27. The minimum atomic E-state index is -2.92. The van der Waals surface area contributed by atoms with Crippen molar-refractivity contribution in [2.45, 2.75) is 58.1 Å². The van der Waals surface area contributed by atoms with Gasteiger partial charge in [0.25, 0.3) is 5.56 Å². The fourth-order valence-corrected chi connectivity index (χ4v) is 5.41. The molecule has 1 aliphatic heterocycles. The maximum Gasteiger partial charge on any atom is 0.278 e. The quantitative estimate of drug-likeness (QED) is 0.317. The van der Waals surface area contributed by atoms with Gasteiger partial charge >= 0.3 is 0 Å². The number of halogens is 4. The van der Waals surface area contributed by atoms with Gasteiger partial charge in [-0.05, 0) is 45.1 Å². The first-order valence-electron chi connectivity index (χ1n) is 13.1. The average Bonchev–Trinajstić information content (AvgIpc) is 3.40. The first-order valence-corrected chi connectivity index (χ1v) is 13.3. The number of aryl methyl sites for hydroxylation is 2. The standard InChI is InChI=1S/C27H24ClF3N4O3S/c1-27(2,37)20-13-39-25(34-20)23-22(31)24-14(10-33-23)6-4-3-5-7-16-9-19(21(28)26(36)35(16)24)38-12-18-17(30)8-15(29)11-32-18/h8-11,13,37H,3-7,12H2,1-2H3/i12D2. The average molecular weight is 579 g/mol. The van der Waals surface area contributed by atoms with E-state index in [4.69, 9.17) is 19.1 Å². The van der Waals surface area contributed by atoms with E-state index in [1.54, 1.807) is 19.2 Å². The first kappa shape index (κ1) is 24.7. The molecule has 0 saturated carbocycles. The van der Waals surface area contributed by atoms with Gasteiger partial charge in [-0.15, -0.1) is 11.3 Å². The molecule has 39 heavy (non-hydrogen) atoms. The van der Waals surface area contributed by atoms with Crippen molar-refractivity contribution in [2.24, 2.45) is 0 Å². The summed E-state index contributed by atoms with van der Waals surface area (Å²) in [6, 6.07) is 1.77. The molecular weight excluding hydrogens is 553 g/mol. The Labute approximate surface area is 233 Å². The van der Waals surface area contributed by atoms with Crippen molar-refractivity contribution in [3.63, 3.8) is 0 Å². The van der Waals surface area contributed by atoms with Crippen LogP contribution in [0.15, 0.2) is 34.7 Å². The van der Waals surface area contributed by atoms with E-state index in [2.05, 4.69) is 15.0 Å². The summed E-state index contributed by atoms with van der Waals surface area (Å²) in [5, 5.41) is 11.6. The highest BCUT2D eigenvalue weighted by Crippen LogP contribution is 2.35. The molecule has 7 nitrogen and oxygen atoms in total. The van der Waals surface area contributed by atoms with E-state index in [0.29, 0.717) is 49.2 Å². The van der Waals surface area contributed by atoms with E-state index < -0.39 is 51.6 Å². The Morgan fingerprint density at radius 1 is 1.18 bits per heavy atom. The van der Waals surface area contributed by atoms with Crippen LogP contribution in [0.5, 0.6) is 5.75 Å². The van der Waals surface area contributed by atoms with E-state index >= 15 is 4.39 Å². The fourth-order valence-electron chi connectivity index (χ4n) is 4.26. The minimum Gasteiger partial charge on any atom is -0.485 e. The summed E-state index contributed by atoms with van der Waals surface area (Å²) in [5.41, 5.74) is -2.03. The number of aromatic nitrogens is 4. The number of thiazole rings is 1. The van der Waals surface area contributed by atoms with Crippen LogP contribution in [0.1, 0.15) is 58.5 Å². The van der Waals surface area contributed by atoms with Crippen molar-refractivity contribution in [2.75, 3.05) is 0 Å². The maximum atomic E-state index is 16.3. The van der Waals surface area contributed by atoms with Gasteiger partial charge in [-0.2, -0.15) is 0 Å². The summed E-state index contributed by atoms with van der Waals surface area (Å²) in [5.74, 6) is -3.48. The predicted molar refractivity (Wildman–Crippen MR) is 141 cm³/mol. The SMILES string of the molecule is [2H]C([2H])(Oc1cc2n(c(=O)c1Cl)-c1c(cnc(-c3nc(C(C)(C)O)cs3)c1F)CCCCC2)c1ncc(F)cc1F. The van der Waals surface area contributed by atoms with Crippen molar-refractivity contribution in [3.05, 3.63) is 85.4 Å². The lowest BCUT2D eigenvalue weighted by Crippen LogP contribution is -2.25. The third-order valence-corrected chi connectivity index (χ3v) is 7.46. The Morgan fingerprint density at radius 2 is 1.95 bits per heavy atom. The fraction of sp³-hybridized carbons (Fsp3) is 0.333. The van der Waals surface area contributed by atoms with Gasteiger partial charge in [0.1, 0.15) is 45.1 Å². The molecule has 0 aliphatic carbocycles.